The van der Waals surface area contributed by atoms with Crippen LogP contribution in [0.3, 0.4) is 0 Å². The molecule has 0 heterocycles. The first-order valence-corrected chi connectivity index (χ1v) is 8.52. The van der Waals surface area contributed by atoms with E-state index in [1.165, 1.54) is 12.1 Å². The van der Waals surface area contributed by atoms with Crippen LogP contribution in [0.5, 0.6) is 11.5 Å². The van der Waals surface area contributed by atoms with E-state index >= 15 is 0 Å². The molecule has 3 rings (SSSR count). The highest BCUT2D eigenvalue weighted by atomic mass is 16.6. The number of para-hydroxylation sites is 3. The van der Waals surface area contributed by atoms with Gasteiger partial charge < -0.3 is 20.5 Å². The Kier molecular flexibility index (Phi) is 5.76. The summed E-state index contributed by atoms with van der Waals surface area (Å²) in [7, 11) is 0. The Morgan fingerprint density at radius 1 is 0.821 bits per heavy atom. The van der Waals surface area contributed by atoms with Gasteiger partial charge in [0.2, 0.25) is 0 Å². The largest absolute Gasteiger partial charge is 0.504 e. The number of phenols is 1. The van der Waals surface area contributed by atoms with Crippen LogP contribution >= 0.6 is 0 Å². The van der Waals surface area contributed by atoms with Crippen LogP contribution < -0.4 is 20.7 Å². The first-order chi connectivity index (χ1) is 13.5. The van der Waals surface area contributed by atoms with Gasteiger partial charge in [-0.05, 0) is 48.9 Å². The van der Waals surface area contributed by atoms with Crippen LogP contribution in [-0.2, 0) is 0 Å². The lowest BCUT2D eigenvalue weighted by atomic mass is 10.2. The molecule has 7 nitrogen and oxygen atoms in total. The topological polar surface area (TPSA) is 99.7 Å². The van der Waals surface area contributed by atoms with Gasteiger partial charge in [-0.15, -0.1) is 0 Å². The molecule has 0 aliphatic heterocycles. The van der Waals surface area contributed by atoms with Gasteiger partial charge in [0.25, 0.3) is 0 Å². The second-order valence-electron chi connectivity index (χ2n) is 5.96. The summed E-state index contributed by atoms with van der Waals surface area (Å²) >= 11 is 0. The van der Waals surface area contributed by atoms with E-state index in [0.717, 1.165) is 5.56 Å². The van der Waals surface area contributed by atoms with Crippen LogP contribution in [0.25, 0.3) is 0 Å². The van der Waals surface area contributed by atoms with E-state index in [-0.39, 0.29) is 11.5 Å². The standard InChI is InChI=1S/C21H19N3O4/c1-14-11-12-16(23-20(26)22-15-7-3-2-4-8-15)13-17(14)24-21(27)28-19-10-6-5-9-18(19)25/h2-13,25H,1H3,(H,24,27)(H2,22,23,26). The molecule has 0 saturated carbocycles. The van der Waals surface area contributed by atoms with Crippen LogP contribution in [0.1, 0.15) is 5.56 Å². The van der Waals surface area contributed by atoms with Crippen molar-refractivity contribution in [2.75, 3.05) is 16.0 Å². The zero-order valence-electron chi connectivity index (χ0n) is 15.1. The monoisotopic (exact) mass is 377 g/mol. The molecular weight excluding hydrogens is 358 g/mol. The van der Waals surface area contributed by atoms with E-state index in [1.807, 2.05) is 25.1 Å². The zero-order chi connectivity index (χ0) is 19.9. The lowest BCUT2D eigenvalue weighted by Crippen LogP contribution is -2.20. The Morgan fingerprint density at radius 2 is 1.50 bits per heavy atom. The molecule has 3 amide bonds. The molecule has 0 unspecified atom stereocenters. The maximum Gasteiger partial charge on any atom is 0.417 e. The molecule has 0 saturated heterocycles. The van der Waals surface area contributed by atoms with Gasteiger partial charge in [-0.3, -0.25) is 5.32 Å². The first-order valence-electron chi connectivity index (χ1n) is 8.52. The number of ether oxygens (including phenoxy) is 1. The van der Waals surface area contributed by atoms with Crippen molar-refractivity contribution in [2.24, 2.45) is 0 Å². The summed E-state index contributed by atoms with van der Waals surface area (Å²) in [6.45, 7) is 1.81. The highest BCUT2D eigenvalue weighted by Crippen LogP contribution is 2.26. The fourth-order valence-electron chi connectivity index (χ4n) is 2.43. The molecule has 3 aromatic rings. The summed E-state index contributed by atoms with van der Waals surface area (Å²) in [4.78, 5) is 24.2. The molecular formula is C21H19N3O4. The van der Waals surface area contributed by atoms with Gasteiger partial charge in [0, 0.05) is 17.1 Å². The number of nitrogens with one attached hydrogen (secondary N) is 3. The quantitative estimate of drug-likeness (QED) is 0.516. The fraction of sp³-hybridized carbons (Fsp3) is 0.0476. The molecule has 4 N–H and O–H groups in total. The van der Waals surface area contributed by atoms with Crippen molar-refractivity contribution in [1.82, 2.24) is 0 Å². The number of phenolic OH excluding ortho intramolecular Hbond substituents is 1. The number of benzene rings is 3. The van der Waals surface area contributed by atoms with Crippen LogP contribution in [-0.4, -0.2) is 17.2 Å². The summed E-state index contributed by atoms with van der Waals surface area (Å²) in [5.41, 5.74) is 2.41. The SMILES string of the molecule is Cc1ccc(NC(=O)Nc2ccccc2)cc1NC(=O)Oc1ccccc1O. The predicted octanol–water partition coefficient (Wildman–Crippen LogP) is 4.96. The average Bonchev–Trinajstić information content (AvgIpc) is 2.67. The summed E-state index contributed by atoms with van der Waals surface area (Å²) < 4.78 is 5.10. The molecule has 0 fully saturated rings. The molecule has 28 heavy (non-hydrogen) atoms. The third kappa shape index (κ3) is 5.01. The van der Waals surface area contributed by atoms with E-state index in [0.29, 0.717) is 17.1 Å². The Hall–Kier alpha value is -4.00. The highest BCUT2D eigenvalue weighted by molar-refractivity contribution is 6.00. The minimum Gasteiger partial charge on any atom is -0.504 e. The van der Waals surface area contributed by atoms with E-state index < -0.39 is 12.1 Å². The van der Waals surface area contributed by atoms with Crippen molar-refractivity contribution in [2.45, 2.75) is 6.92 Å². The second kappa shape index (κ2) is 8.59. The highest BCUT2D eigenvalue weighted by Gasteiger charge is 2.11. The number of aryl methyl sites for hydroxylation is 1. The number of hydrogen-bond donors (Lipinski definition) is 4. The lowest BCUT2D eigenvalue weighted by molar-refractivity contribution is 0.213. The molecule has 0 bridgehead atoms. The summed E-state index contributed by atoms with van der Waals surface area (Å²) in [6.07, 6.45) is -0.754. The summed E-state index contributed by atoms with van der Waals surface area (Å²) in [6, 6.07) is 19.9. The van der Waals surface area contributed by atoms with Gasteiger partial charge in [-0.25, -0.2) is 9.59 Å². The minimum absolute atomic E-state index is 0.0502. The Morgan fingerprint density at radius 3 is 2.25 bits per heavy atom. The maximum atomic E-state index is 12.1. The number of hydrogen-bond acceptors (Lipinski definition) is 4. The molecule has 0 spiro atoms. The fourth-order valence-corrected chi connectivity index (χ4v) is 2.43. The van der Waals surface area contributed by atoms with Crippen molar-refractivity contribution in [3.05, 3.63) is 78.4 Å². The molecule has 142 valence electrons. The van der Waals surface area contributed by atoms with Crippen molar-refractivity contribution in [3.8, 4) is 11.5 Å². The van der Waals surface area contributed by atoms with Gasteiger partial charge in [0.1, 0.15) is 0 Å². The number of urea groups is 1. The smallest absolute Gasteiger partial charge is 0.417 e. The Bertz CT molecular complexity index is 990. The van der Waals surface area contributed by atoms with E-state index in [1.54, 1.807) is 42.5 Å². The molecule has 7 heteroatoms. The van der Waals surface area contributed by atoms with Gasteiger partial charge >= 0.3 is 12.1 Å². The number of carbonyl (C=O) groups excluding carboxylic acids is 2. The van der Waals surface area contributed by atoms with Crippen LogP contribution in [0.15, 0.2) is 72.8 Å². The Balaban J connectivity index is 1.65. The number of rotatable bonds is 4. The lowest BCUT2D eigenvalue weighted by Gasteiger charge is -2.12. The van der Waals surface area contributed by atoms with Crippen LogP contribution in [0.2, 0.25) is 0 Å². The molecule has 0 radical (unpaired) electrons. The third-order valence-electron chi connectivity index (χ3n) is 3.83. The first kappa shape index (κ1) is 18.8. The molecule has 0 aliphatic rings. The maximum absolute atomic E-state index is 12.1. The van der Waals surface area contributed by atoms with Crippen molar-refractivity contribution < 1.29 is 19.4 Å². The van der Waals surface area contributed by atoms with Gasteiger partial charge in [-0.1, -0.05) is 36.4 Å². The van der Waals surface area contributed by atoms with Crippen molar-refractivity contribution >= 4 is 29.2 Å². The van der Waals surface area contributed by atoms with Gasteiger partial charge in [0.05, 0.1) is 0 Å². The van der Waals surface area contributed by atoms with Crippen LogP contribution in [0.4, 0.5) is 26.7 Å². The zero-order valence-corrected chi connectivity index (χ0v) is 15.1. The Labute approximate surface area is 162 Å². The molecule has 0 atom stereocenters. The minimum atomic E-state index is -0.754. The van der Waals surface area contributed by atoms with Crippen LogP contribution in [0, 0.1) is 6.92 Å². The number of amides is 3. The second-order valence-corrected chi connectivity index (χ2v) is 5.96. The summed E-state index contributed by atoms with van der Waals surface area (Å²) in [5, 5.41) is 17.7. The normalized spacial score (nSPS) is 10.0. The molecule has 0 aliphatic carbocycles. The van der Waals surface area contributed by atoms with Gasteiger partial charge in [0.15, 0.2) is 11.5 Å². The van der Waals surface area contributed by atoms with E-state index in [4.69, 9.17) is 4.74 Å². The third-order valence-corrected chi connectivity index (χ3v) is 3.83. The number of carbonyl (C=O) groups is 2. The average molecular weight is 377 g/mol. The van der Waals surface area contributed by atoms with E-state index in [9.17, 15) is 14.7 Å². The number of aromatic hydroxyl groups is 1. The number of anilines is 3. The molecule has 0 aromatic heterocycles. The van der Waals surface area contributed by atoms with Crippen molar-refractivity contribution in [3.63, 3.8) is 0 Å². The van der Waals surface area contributed by atoms with E-state index in [2.05, 4.69) is 16.0 Å². The van der Waals surface area contributed by atoms with Crippen molar-refractivity contribution in [1.29, 1.82) is 0 Å². The summed E-state index contributed by atoms with van der Waals surface area (Å²) in [5.74, 6) is -0.0865. The molecule has 3 aromatic carbocycles. The predicted molar refractivity (Wildman–Crippen MR) is 108 cm³/mol. The van der Waals surface area contributed by atoms with Gasteiger partial charge in [-0.2, -0.15) is 0 Å².